The monoisotopic (exact) mass is 318 g/mol. The Morgan fingerprint density at radius 3 is 2.45 bits per heavy atom. The van der Waals surface area contributed by atoms with Gasteiger partial charge in [0.2, 0.25) is 0 Å². The molecule has 5 heteroatoms. The second-order valence-corrected chi connectivity index (χ2v) is 5.04. The van der Waals surface area contributed by atoms with Gasteiger partial charge in [-0.1, -0.05) is 29.8 Å². The van der Waals surface area contributed by atoms with E-state index in [2.05, 4.69) is 0 Å². The summed E-state index contributed by atoms with van der Waals surface area (Å²) in [6.45, 7) is 1.65. The van der Waals surface area contributed by atoms with E-state index in [1.165, 1.54) is 14.0 Å². The van der Waals surface area contributed by atoms with Gasteiger partial charge >= 0.3 is 5.97 Å². The van der Waals surface area contributed by atoms with Gasteiger partial charge in [0.1, 0.15) is 12.4 Å². The number of esters is 1. The van der Waals surface area contributed by atoms with E-state index >= 15 is 0 Å². The highest BCUT2D eigenvalue weighted by Crippen LogP contribution is 2.24. The summed E-state index contributed by atoms with van der Waals surface area (Å²) < 4.78 is 10.4. The molecule has 0 radical (unpaired) electrons. The van der Waals surface area contributed by atoms with Crippen LogP contribution in [-0.4, -0.2) is 18.9 Å². The number of ketones is 1. The highest BCUT2D eigenvalue weighted by Gasteiger charge is 2.12. The van der Waals surface area contributed by atoms with Crippen molar-refractivity contribution in [2.75, 3.05) is 7.11 Å². The molecule has 0 atom stereocenters. The molecule has 0 fully saturated rings. The molecule has 2 aromatic carbocycles. The van der Waals surface area contributed by atoms with Gasteiger partial charge in [0.25, 0.3) is 0 Å². The summed E-state index contributed by atoms with van der Waals surface area (Å²) in [5.74, 6) is 0.00594. The average Bonchev–Trinajstić information content (AvgIpc) is 2.52. The standard InChI is InChI=1S/C17H15ClO4/c1-11(19)14-8-7-13(9-16(14)18)22-10-12-5-3-4-6-15(12)17(20)21-2/h3-9H,10H2,1-2H3. The highest BCUT2D eigenvalue weighted by molar-refractivity contribution is 6.34. The van der Waals surface area contributed by atoms with Crippen molar-refractivity contribution in [3.05, 3.63) is 64.2 Å². The molecule has 0 aliphatic heterocycles. The van der Waals surface area contributed by atoms with Gasteiger partial charge in [-0.2, -0.15) is 0 Å². The Hall–Kier alpha value is -2.33. The first kappa shape index (κ1) is 16.0. The molecular weight excluding hydrogens is 304 g/mol. The predicted octanol–water partition coefficient (Wildman–Crippen LogP) is 3.91. The van der Waals surface area contributed by atoms with Crippen LogP contribution in [0, 0.1) is 0 Å². The molecule has 0 bridgehead atoms. The van der Waals surface area contributed by atoms with Gasteiger partial charge in [-0.3, -0.25) is 4.79 Å². The molecule has 0 spiro atoms. The Balaban J connectivity index is 2.16. The molecule has 0 saturated heterocycles. The van der Waals surface area contributed by atoms with Crippen molar-refractivity contribution in [2.24, 2.45) is 0 Å². The Kier molecular flexibility index (Phi) is 5.17. The first-order valence-electron chi connectivity index (χ1n) is 6.62. The van der Waals surface area contributed by atoms with Crippen molar-refractivity contribution in [1.82, 2.24) is 0 Å². The van der Waals surface area contributed by atoms with Crippen LogP contribution in [0.1, 0.15) is 33.2 Å². The van der Waals surface area contributed by atoms with Crippen LogP contribution < -0.4 is 4.74 Å². The molecule has 0 saturated carbocycles. The Morgan fingerprint density at radius 1 is 1.09 bits per heavy atom. The number of hydrogen-bond acceptors (Lipinski definition) is 4. The molecule has 4 nitrogen and oxygen atoms in total. The summed E-state index contributed by atoms with van der Waals surface area (Å²) in [6, 6.07) is 11.9. The largest absolute Gasteiger partial charge is 0.489 e. The van der Waals surface area contributed by atoms with Crippen molar-refractivity contribution in [3.63, 3.8) is 0 Å². The molecule has 0 N–H and O–H groups in total. The number of Topliss-reactive ketones (excluding diaryl/α,β-unsaturated/α-hetero) is 1. The molecule has 0 unspecified atom stereocenters. The maximum atomic E-state index is 11.7. The van der Waals surface area contributed by atoms with E-state index < -0.39 is 5.97 Å². The predicted molar refractivity (Wildman–Crippen MR) is 83.6 cm³/mol. The minimum atomic E-state index is -0.413. The molecule has 2 rings (SSSR count). The maximum Gasteiger partial charge on any atom is 0.338 e. The number of hydrogen-bond donors (Lipinski definition) is 0. The average molecular weight is 319 g/mol. The molecular formula is C17H15ClO4. The van der Waals surface area contributed by atoms with E-state index in [1.54, 1.807) is 36.4 Å². The van der Waals surface area contributed by atoms with Crippen LogP contribution >= 0.6 is 11.6 Å². The minimum Gasteiger partial charge on any atom is -0.489 e. The number of carbonyl (C=O) groups excluding carboxylic acids is 2. The molecule has 114 valence electrons. The normalized spacial score (nSPS) is 10.1. The van der Waals surface area contributed by atoms with Crippen LogP contribution in [0.25, 0.3) is 0 Å². The zero-order chi connectivity index (χ0) is 16.1. The number of methoxy groups -OCH3 is 1. The van der Waals surface area contributed by atoms with Crippen molar-refractivity contribution in [3.8, 4) is 5.75 Å². The van der Waals surface area contributed by atoms with E-state index in [9.17, 15) is 9.59 Å². The first-order valence-corrected chi connectivity index (χ1v) is 7.00. The summed E-state index contributed by atoms with van der Waals surface area (Å²) >= 11 is 6.04. The quantitative estimate of drug-likeness (QED) is 0.619. The highest BCUT2D eigenvalue weighted by atomic mass is 35.5. The summed E-state index contributed by atoms with van der Waals surface area (Å²) in [4.78, 5) is 23.0. The number of rotatable bonds is 5. The van der Waals surface area contributed by atoms with Crippen molar-refractivity contribution < 1.29 is 19.1 Å². The lowest BCUT2D eigenvalue weighted by atomic mass is 10.1. The van der Waals surface area contributed by atoms with E-state index in [1.807, 2.05) is 6.07 Å². The maximum absolute atomic E-state index is 11.7. The third kappa shape index (κ3) is 3.65. The Labute approximate surface area is 133 Å². The fourth-order valence-electron chi connectivity index (χ4n) is 1.99. The van der Waals surface area contributed by atoms with Gasteiger partial charge in [-0.25, -0.2) is 4.79 Å². The Morgan fingerprint density at radius 2 is 1.82 bits per heavy atom. The van der Waals surface area contributed by atoms with Crippen LogP contribution in [0.4, 0.5) is 0 Å². The number of halogens is 1. The van der Waals surface area contributed by atoms with Crippen molar-refractivity contribution in [1.29, 1.82) is 0 Å². The number of ether oxygens (including phenoxy) is 2. The lowest BCUT2D eigenvalue weighted by Gasteiger charge is -2.10. The van der Waals surface area contributed by atoms with Gasteiger partial charge in [-0.05, 0) is 31.2 Å². The smallest absolute Gasteiger partial charge is 0.338 e. The minimum absolute atomic E-state index is 0.104. The fraction of sp³-hybridized carbons (Fsp3) is 0.176. The van der Waals surface area contributed by atoms with Crippen LogP contribution in [0.5, 0.6) is 5.75 Å². The van der Waals surface area contributed by atoms with Crippen LogP contribution in [0.2, 0.25) is 5.02 Å². The van der Waals surface area contributed by atoms with Crippen molar-refractivity contribution in [2.45, 2.75) is 13.5 Å². The topological polar surface area (TPSA) is 52.6 Å². The van der Waals surface area contributed by atoms with E-state index in [0.717, 1.165) is 0 Å². The van der Waals surface area contributed by atoms with Gasteiger partial charge in [0, 0.05) is 11.1 Å². The van der Waals surface area contributed by atoms with Crippen molar-refractivity contribution >= 4 is 23.4 Å². The van der Waals surface area contributed by atoms with Crippen LogP contribution in [0.15, 0.2) is 42.5 Å². The van der Waals surface area contributed by atoms with Crippen LogP contribution in [-0.2, 0) is 11.3 Å². The molecule has 0 aromatic heterocycles. The first-order chi connectivity index (χ1) is 10.5. The molecule has 0 heterocycles. The lowest BCUT2D eigenvalue weighted by Crippen LogP contribution is -2.07. The van der Waals surface area contributed by atoms with Gasteiger partial charge < -0.3 is 9.47 Å². The second kappa shape index (κ2) is 7.09. The molecule has 22 heavy (non-hydrogen) atoms. The fourth-order valence-corrected chi connectivity index (χ4v) is 2.29. The SMILES string of the molecule is COC(=O)c1ccccc1COc1ccc(C(C)=O)c(Cl)c1. The number of carbonyl (C=O) groups is 2. The number of benzene rings is 2. The molecule has 0 aliphatic rings. The Bertz CT molecular complexity index is 710. The van der Waals surface area contributed by atoms with Gasteiger partial charge in [-0.15, -0.1) is 0 Å². The van der Waals surface area contributed by atoms with E-state index in [-0.39, 0.29) is 12.4 Å². The summed E-state index contributed by atoms with van der Waals surface area (Å²) in [7, 11) is 1.33. The second-order valence-electron chi connectivity index (χ2n) is 4.64. The lowest BCUT2D eigenvalue weighted by molar-refractivity contribution is 0.0597. The summed E-state index contributed by atoms with van der Waals surface area (Å²) in [5, 5.41) is 0.339. The third-order valence-corrected chi connectivity index (χ3v) is 3.45. The zero-order valence-electron chi connectivity index (χ0n) is 12.3. The van der Waals surface area contributed by atoms with Gasteiger partial charge in [0.05, 0.1) is 17.7 Å². The van der Waals surface area contributed by atoms with E-state index in [4.69, 9.17) is 21.1 Å². The van der Waals surface area contributed by atoms with E-state index in [0.29, 0.717) is 27.5 Å². The molecule has 2 aromatic rings. The molecule has 0 amide bonds. The summed E-state index contributed by atoms with van der Waals surface area (Å²) in [5.41, 5.74) is 1.61. The van der Waals surface area contributed by atoms with Gasteiger partial charge in [0.15, 0.2) is 5.78 Å². The summed E-state index contributed by atoms with van der Waals surface area (Å²) in [6.07, 6.45) is 0. The molecule has 0 aliphatic carbocycles. The zero-order valence-corrected chi connectivity index (χ0v) is 13.0. The third-order valence-electron chi connectivity index (χ3n) is 3.14. The van der Waals surface area contributed by atoms with Crippen LogP contribution in [0.3, 0.4) is 0 Å².